The molecule has 0 saturated carbocycles. The van der Waals surface area contributed by atoms with Gasteiger partial charge in [0.05, 0.1) is 25.5 Å². The van der Waals surface area contributed by atoms with Crippen molar-refractivity contribution in [1.29, 1.82) is 0 Å². The zero-order valence-electron chi connectivity index (χ0n) is 15.9. The molecule has 3 aliphatic rings. The summed E-state index contributed by atoms with van der Waals surface area (Å²) < 4.78 is 10.5. The summed E-state index contributed by atoms with van der Waals surface area (Å²) in [6, 6.07) is 3.94. The van der Waals surface area contributed by atoms with E-state index in [1.54, 1.807) is 7.11 Å². The lowest BCUT2D eigenvalue weighted by Crippen LogP contribution is -2.37. The van der Waals surface area contributed by atoms with Crippen LogP contribution in [0.15, 0.2) is 59.5 Å². The van der Waals surface area contributed by atoms with Crippen LogP contribution in [0.5, 0.6) is 0 Å². The summed E-state index contributed by atoms with van der Waals surface area (Å²) in [4.78, 5) is 6.89. The van der Waals surface area contributed by atoms with E-state index in [0.29, 0.717) is 5.69 Å². The molecule has 0 bridgehead atoms. The van der Waals surface area contributed by atoms with Crippen molar-refractivity contribution in [2.75, 3.05) is 40.0 Å². The summed E-state index contributed by atoms with van der Waals surface area (Å²) in [7, 11) is 1.58. The topological polar surface area (TPSA) is 54.8 Å². The van der Waals surface area contributed by atoms with E-state index in [2.05, 4.69) is 47.2 Å². The minimum atomic E-state index is -0.693. The molecule has 27 heavy (non-hydrogen) atoms. The van der Waals surface area contributed by atoms with Gasteiger partial charge in [-0.15, -0.1) is 0 Å². The number of pyridine rings is 1. The second kappa shape index (κ2) is 7.80. The molecule has 1 aromatic rings. The highest BCUT2D eigenvalue weighted by molar-refractivity contribution is 5.81. The number of nitrogens with zero attached hydrogens (tertiary/aromatic N) is 2. The van der Waals surface area contributed by atoms with Gasteiger partial charge in [0, 0.05) is 38.0 Å². The lowest BCUT2D eigenvalue weighted by Gasteiger charge is -2.34. The number of morpholine rings is 1. The van der Waals surface area contributed by atoms with Crippen molar-refractivity contribution in [3.8, 4) is 0 Å². The predicted octanol–water partition coefficient (Wildman–Crippen LogP) is 2.88. The molecule has 1 fully saturated rings. The van der Waals surface area contributed by atoms with Crippen LogP contribution in [0, 0.1) is 5.92 Å². The highest BCUT2D eigenvalue weighted by Crippen LogP contribution is 2.44. The van der Waals surface area contributed by atoms with Crippen molar-refractivity contribution in [3.05, 3.63) is 70.7 Å². The molecular weight excluding hydrogens is 340 g/mol. The number of ether oxygens (including phenoxy) is 2. The van der Waals surface area contributed by atoms with Gasteiger partial charge in [-0.05, 0) is 41.3 Å². The van der Waals surface area contributed by atoms with Crippen LogP contribution >= 0.6 is 0 Å². The van der Waals surface area contributed by atoms with E-state index >= 15 is 0 Å². The van der Waals surface area contributed by atoms with Crippen molar-refractivity contribution in [2.24, 2.45) is 5.92 Å². The fourth-order valence-electron chi connectivity index (χ4n) is 4.09. The van der Waals surface area contributed by atoms with Crippen LogP contribution in [0.1, 0.15) is 24.3 Å². The lowest BCUT2D eigenvalue weighted by molar-refractivity contribution is 0.0544. The number of hydrogen-bond acceptors (Lipinski definition) is 5. The predicted molar refractivity (Wildman–Crippen MR) is 105 cm³/mol. The minimum Gasteiger partial charge on any atom is -0.384 e. The molecule has 2 aliphatic carbocycles. The Balaban J connectivity index is 1.57. The normalized spacial score (nSPS) is 23.2. The zero-order valence-corrected chi connectivity index (χ0v) is 15.9. The first kappa shape index (κ1) is 18.2. The number of fused-ring (bicyclic) bond motifs is 1. The minimum absolute atomic E-state index is 0.249. The monoisotopic (exact) mass is 366 g/mol. The summed E-state index contributed by atoms with van der Waals surface area (Å²) in [5.74, 6) is 0.254. The Morgan fingerprint density at radius 1 is 1.33 bits per heavy atom. The standard InChI is InChI=1S/C22H26N2O3/c1-15-12-18-17(4-3-5-20(18)24-8-10-27-11-9-24)22(15)16-6-7-19(23-13-16)21(25)14-26-2/h3-7,12-13,17,21,25H,8-11,14H2,1-2H3. The molecule has 5 heteroatoms. The van der Waals surface area contributed by atoms with Gasteiger partial charge < -0.3 is 19.5 Å². The van der Waals surface area contributed by atoms with Crippen LogP contribution in [0.25, 0.3) is 5.57 Å². The first-order valence-corrected chi connectivity index (χ1v) is 9.46. The van der Waals surface area contributed by atoms with E-state index in [1.807, 2.05) is 12.3 Å². The van der Waals surface area contributed by atoms with Crippen molar-refractivity contribution < 1.29 is 14.6 Å². The lowest BCUT2D eigenvalue weighted by atomic mass is 9.86. The molecule has 0 radical (unpaired) electrons. The van der Waals surface area contributed by atoms with Gasteiger partial charge in [-0.25, -0.2) is 0 Å². The molecule has 2 heterocycles. The third-order valence-corrected chi connectivity index (χ3v) is 5.41. The average Bonchev–Trinajstić information content (AvgIpc) is 3.04. The summed E-state index contributed by atoms with van der Waals surface area (Å²) >= 11 is 0. The van der Waals surface area contributed by atoms with Crippen LogP contribution in [0.3, 0.4) is 0 Å². The fourth-order valence-corrected chi connectivity index (χ4v) is 4.09. The summed E-state index contributed by atoms with van der Waals surface area (Å²) in [5, 5.41) is 10.1. The molecule has 1 N–H and O–H groups in total. The van der Waals surface area contributed by atoms with Crippen LogP contribution in [0.4, 0.5) is 0 Å². The zero-order chi connectivity index (χ0) is 18.8. The van der Waals surface area contributed by atoms with Gasteiger partial charge in [0.15, 0.2) is 0 Å². The Kier molecular flexibility index (Phi) is 5.25. The molecule has 0 amide bonds. The highest BCUT2D eigenvalue weighted by atomic mass is 16.5. The largest absolute Gasteiger partial charge is 0.384 e. The van der Waals surface area contributed by atoms with Crippen molar-refractivity contribution in [3.63, 3.8) is 0 Å². The Morgan fingerprint density at radius 2 is 2.15 bits per heavy atom. The molecule has 2 unspecified atom stereocenters. The Hall–Kier alpha value is -2.21. The van der Waals surface area contributed by atoms with Crippen LogP contribution in [-0.2, 0) is 9.47 Å². The number of allylic oxidation sites excluding steroid dienone is 7. The van der Waals surface area contributed by atoms with Crippen molar-refractivity contribution in [1.82, 2.24) is 9.88 Å². The molecule has 1 aromatic heterocycles. The maximum atomic E-state index is 10.1. The number of methoxy groups -OCH3 is 1. The molecule has 2 atom stereocenters. The van der Waals surface area contributed by atoms with E-state index in [9.17, 15) is 5.11 Å². The first-order valence-electron chi connectivity index (χ1n) is 9.46. The van der Waals surface area contributed by atoms with E-state index in [1.165, 1.54) is 22.4 Å². The molecule has 1 saturated heterocycles. The fraction of sp³-hybridized carbons (Fsp3) is 0.409. The maximum absolute atomic E-state index is 10.1. The van der Waals surface area contributed by atoms with Crippen molar-refractivity contribution >= 4 is 5.57 Å². The van der Waals surface area contributed by atoms with Gasteiger partial charge in [-0.3, -0.25) is 4.98 Å². The quantitative estimate of drug-likeness (QED) is 0.868. The number of aliphatic hydroxyl groups is 1. The average molecular weight is 366 g/mol. The molecule has 1 aliphatic heterocycles. The molecule has 4 rings (SSSR count). The second-order valence-electron chi connectivity index (χ2n) is 7.15. The number of aliphatic hydroxyl groups excluding tert-OH is 1. The maximum Gasteiger partial charge on any atom is 0.119 e. The van der Waals surface area contributed by atoms with Gasteiger partial charge in [-0.2, -0.15) is 0 Å². The highest BCUT2D eigenvalue weighted by Gasteiger charge is 2.31. The van der Waals surface area contributed by atoms with Gasteiger partial charge in [-0.1, -0.05) is 24.3 Å². The van der Waals surface area contributed by atoms with Crippen LogP contribution in [0.2, 0.25) is 0 Å². The smallest absolute Gasteiger partial charge is 0.119 e. The molecular formula is C22H26N2O3. The number of hydrogen-bond donors (Lipinski definition) is 1. The van der Waals surface area contributed by atoms with Crippen LogP contribution < -0.4 is 0 Å². The summed E-state index contributed by atoms with van der Waals surface area (Å²) in [6.07, 6.45) is 10.1. The summed E-state index contributed by atoms with van der Waals surface area (Å²) in [6.45, 7) is 5.86. The van der Waals surface area contributed by atoms with Gasteiger partial charge in [0.2, 0.25) is 0 Å². The molecule has 5 nitrogen and oxygen atoms in total. The molecule has 0 spiro atoms. The summed E-state index contributed by atoms with van der Waals surface area (Å²) in [5.41, 5.74) is 6.96. The number of rotatable bonds is 5. The Morgan fingerprint density at radius 3 is 2.85 bits per heavy atom. The second-order valence-corrected chi connectivity index (χ2v) is 7.15. The number of aromatic nitrogens is 1. The SMILES string of the molecule is COCC(O)c1ccc(C2=C(C)C=C3C(N4CCOCC4)=CC=CC32)cn1. The molecule has 0 aromatic carbocycles. The van der Waals surface area contributed by atoms with E-state index < -0.39 is 6.10 Å². The van der Waals surface area contributed by atoms with Gasteiger partial charge in [0.1, 0.15) is 6.10 Å². The van der Waals surface area contributed by atoms with E-state index in [4.69, 9.17) is 9.47 Å². The van der Waals surface area contributed by atoms with E-state index in [0.717, 1.165) is 31.9 Å². The van der Waals surface area contributed by atoms with E-state index in [-0.39, 0.29) is 12.5 Å². The van der Waals surface area contributed by atoms with Gasteiger partial charge >= 0.3 is 0 Å². The van der Waals surface area contributed by atoms with Crippen LogP contribution in [-0.4, -0.2) is 55.0 Å². The Bertz CT molecular complexity index is 814. The third kappa shape index (κ3) is 3.50. The Labute approximate surface area is 160 Å². The molecule has 142 valence electrons. The third-order valence-electron chi connectivity index (χ3n) is 5.41. The first-order chi connectivity index (χ1) is 13.2. The van der Waals surface area contributed by atoms with Crippen molar-refractivity contribution in [2.45, 2.75) is 13.0 Å². The van der Waals surface area contributed by atoms with Gasteiger partial charge in [0.25, 0.3) is 0 Å².